The van der Waals surface area contributed by atoms with E-state index in [1.807, 2.05) is 18.2 Å². The highest BCUT2D eigenvalue weighted by Gasteiger charge is 2.03. The van der Waals surface area contributed by atoms with Crippen molar-refractivity contribution in [2.24, 2.45) is 0 Å². The number of halogens is 1. The molecule has 0 saturated carbocycles. The third-order valence-electron chi connectivity index (χ3n) is 2.54. The SMILES string of the molecule is BrCCOc1ccccc1Cc1ccccc1. The Hall–Kier alpha value is -1.28. The van der Waals surface area contributed by atoms with E-state index in [0.717, 1.165) is 17.5 Å². The molecule has 0 aliphatic carbocycles. The molecule has 0 heterocycles. The van der Waals surface area contributed by atoms with E-state index in [0.29, 0.717) is 6.61 Å². The van der Waals surface area contributed by atoms with Gasteiger partial charge in [0.05, 0.1) is 6.61 Å². The van der Waals surface area contributed by atoms with Crippen LogP contribution in [0.5, 0.6) is 5.75 Å². The summed E-state index contributed by atoms with van der Waals surface area (Å²) in [6.45, 7) is 0.700. The van der Waals surface area contributed by atoms with Crippen LogP contribution in [-0.4, -0.2) is 11.9 Å². The highest BCUT2D eigenvalue weighted by Crippen LogP contribution is 2.21. The van der Waals surface area contributed by atoms with E-state index in [4.69, 9.17) is 4.74 Å². The molecule has 0 spiro atoms. The van der Waals surface area contributed by atoms with Gasteiger partial charge in [-0.2, -0.15) is 0 Å². The molecular weight excluding hydrogens is 276 g/mol. The van der Waals surface area contributed by atoms with E-state index < -0.39 is 0 Å². The normalized spacial score (nSPS) is 10.2. The molecular formula is C15H15BrO. The summed E-state index contributed by atoms with van der Waals surface area (Å²) in [4.78, 5) is 0. The number of ether oxygens (including phenoxy) is 1. The second-order valence-corrected chi connectivity index (χ2v) is 4.60. The van der Waals surface area contributed by atoms with Crippen LogP contribution in [0.1, 0.15) is 11.1 Å². The van der Waals surface area contributed by atoms with Gasteiger partial charge in [0, 0.05) is 11.8 Å². The van der Waals surface area contributed by atoms with Crippen LogP contribution in [-0.2, 0) is 6.42 Å². The first-order valence-corrected chi connectivity index (χ1v) is 6.83. The lowest BCUT2D eigenvalue weighted by Gasteiger charge is -2.10. The fourth-order valence-corrected chi connectivity index (χ4v) is 1.92. The standard InChI is InChI=1S/C15H15BrO/c16-10-11-17-15-9-5-4-8-14(15)12-13-6-2-1-3-7-13/h1-9H,10-12H2. The smallest absolute Gasteiger partial charge is 0.122 e. The predicted octanol–water partition coefficient (Wildman–Crippen LogP) is 4.05. The van der Waals surface area contributed by atoms with Crippen molar-refractivity contribution in [2.45, 2.75) is 6.42 Å². The van der Waals surface area contributed by atoms with Crippen molar-refractivity contribution in [3.63, 3.8) is 0 Å². The van der Waals surface area contributed by atoms with Gasteiger partial charge in [0.2, 0.25) is 0 Å². The Balaban J connectivity index is 2.15. The number of rotatable bonds is 5. The Bertz CT molecular complexity index is 453. The van der Waals surface area contributed by atoms with Gasteiger partial charge >= 0.3 is 0 Å². The molecule has 0 atom stereocenters. The van der Waals surface area contributed by atoms with Gasteiger partial charge in [0.25, 0.3) is 0 Å². The highest BCUT2D eigenvalue weighted by atomic mass is 79.9. The molecule has 2 aromatic rings. The van der Waals surface area contributed by atoms with Crippen LogP contribution in [0.25, 0.3) is 0 Å². The topological polar surface area (TPSA) is 9.23 Å². The van der Waals surface area contributed by atoms with Gasteiger partial charge in [-0.1, -0.05) is 64.5 Å². The molecule has 88 valence electrons. The van der Waals surface area contributed by atoms with Crippen LogP contribution in [0.2, 0.25) is 0 Å². The zero-order valence-electron chi connectivity index (χ0n) is 9.60. The largest absolute Gasteiger partial charge is 0.492 e. The molecule has 2 heteroatoms. The van der Waals surface area contributed by atoms with Crippen LogP contribution in [0.15, 0.2) is 54.6 Å². The average Bonchev–Trinajstić information content (AvgIpc) is 2.39. The van der Waals surface area contributed by atoms with Crippen LogP contribution >= 0.6 is 15.9 Å². The van der Waals surface area contributed by atoms with Crippen molar-refractivity contribution >= 4 is 15.9 Å². The summed E-state index contributed by atoms with van der Waals surface area (Å²) in [5.74, 6) is 0.982. The summed E-state index contributed by atoms with van der Waals surface area (Å²) in [7, 11) is 0. The summed E-state index contributed by atoms with van der Waals surface area (Å²) in [6.07, 6.45) is 0.916. The Kier molecular flexibility index (Phi) is 4.63. The predicted molar refractivity (Wildman–Crippen MR) is 75.0 cm³/mol. The van der Waals surface area contributed by atoms with Gasteiger partial charge in [-0.15, -0.1) is 0 Å². The van der Waals surface area contributed by atoms with Crippen LogP contribution in [0.4, 0.5) is 0 Å². The molecule has 0 bridgehead atoms. The number of hydrogen-bond acceptors (Lipinski definition) is 1. The van der Waals surface area contributed by atoms with E-state index in [1.165, 1.54) is 11.1 Å². The summed E-state index contributed by atoms with van der Waals surface area (Å²) >= 11 is 3.37. The van der Waals surface area contributed by atoms with Crippen LogP contribution < -0.4 is 4.74 Å². The fraction of sp³-hybridized carbons (Fsp3) is 0.200. The number of para-hydroxylation sites is 1. The Labute approximate surface area is 111 Å². The molecule has 0 N–H and O–H groups in total. The molecule has 0 aliphatic rings. The lowest BCUT2D eigenvalue weighted by atomic mass is 10.0. The maximum absolute atomic E-state index is 5.71. The first kappa shape index (κ1) is 12.2. The van der Waals surface area contributed by atoms with Gasteiger partial charge in [0.1, 0.15) is 5.75 Å². The maximum atomic E-state index is 5.71. The third-order valence-corrected chi connectivity index (χ3v) is 2.87. The third kappa shape index (κ3) is 3.60. The van der Waals surface area contributed by atoms with Crippen LogP contribution in [0.3, 0.4) is 0 Å². The molecule has 0 saturated heterocycles. The minimum atomic E-state index is 0.700. The lowest BCUT2D eigenvalue weighted by molar-refractivity contribution is 0.342. The average molecular weight is 291 g/mol. The Morgan fingerprint density at radius 2 is 1.59 bits per heavy atom. The fourth-order valence-electron chi connectivity index (χ4n) is 1.75. The Morgan fingerprint density at radius 1 is 0.882 bits per heavy atom. The molecule has 0 radical (unpaired) electrons. The van der Waals surface area contributed by atoms with E-state index in [2.05, 4.69) is 52.3 Å². The molecule has 0 unspecified atom stereocenters. The molecule has 17 heavy (non-hydrogen) atoms. The minimum Gasteiger partial charge on any atom is -0.492 e. The number of benzene rings is 2. The lowest BCUT2D eigenvalue weighted by Crippen LogP contribution is -2.01. The molecule has 2 rings (SSSR count). The van der Waals surface area contributed by atoms with Crippen LogP contribution in [0, 0.1) is 0 Å². The van der Waals surface area contributed by atoms with Crippen molar-refractivity contribution in [2.75, 3.05) is 11.9 Å². The van der Waals surface area contributed by atoms with Gasteiger partial charge in [-0.25, -0.2) is 0 Å². The van der Waals surface area contributed by atoms with E-state index in [9.17, 15) is 0 Å². The van der Waals surface area contributed by atoms with Crippen molar-refractivity contribution in [3.05, 3.63) is 65.7 Å². The van der Waals surface area contributed by atoms with E-state index in [1.54, 1.807) is 0 Å². The summed E-state index contributed by atoms with van der Waals surface area (Å²) < 4.78 is 5.71. The Morgan fingerprint density at radius 3 is 2.35 bits per heavy atom. The number of alkyl halides is 1. The van der Waals surface area contributed by atoms with Crippen molar-refractivity contribution in [3.8, 4) is 5.75 Å². The summed E-state index contributed by atoms with van der Waals surface area (Å²) in [5, 5.41) is 0.854. The van der Waals surface area contributed by atoms with Gasteiger partial charge in [-0.3, -0.25) is 0 Å². The second kappa shape index (κ2) is 6.45. The molecule has 0 aliphatic heterocycles. The monoisotopic (exact) mass is 290 g/mol. The zero-order valence-corrected chi connectivity index (χ0v) is 11.2. The first-order valence-electron chi connectivity index (χ1n) is 5.71. The molecule has 2 aromatic carbocycles. The molecule has 0 aromatic heterocycles. The van der Waals surface area contributed by atoms with Crippen molar-refractivity contribution in [1.82, 2.24) is 0 Å². The van der Waals surface area contributed by atoms with Gasteiger partial charge in [-0.05, 0) is 17.2 Å². The molecule has 1 nitrogen and oxygen atoms in total. The van der Waals surface area contributed by atoms with E-state index >= 15 is 0 Å². The quantitative estimate of drug-likeness (QED) is 0.755. The first-order chi connectivity index (χ1) is 8.40. The van der Waals surface area contributed by atoms with Crippen molar-refractivity contribution in [1.29, 1.82) is 0 Å². The second-order valence-electron chi connectivity index (χ2n) is 3.81. The van der Waals surface area contributed by atoms with Gasteiger partial charge in [0.15, 0.2) is 0 Å². The highest BCUT2D eigenvalue weighted by molar-refractivity contribution is 9.09. The molecule has 0 amide bonds. The molecule has 0 fully saturated rings. The number of hydrogen-bond donors (Lipinski definition) is 0. The van der Waals surface area contributed by atoms with Crippen molar-refractivity contribution < 1.29 is 4.74 Å². The summed E-state index contributed by atoms with van der Waals surface area (Å²) in [5.41, 5.74) is 2.54. The summed E-state index contributed by atoms with van der Waals surface area (Å²) in [6, 6.07) is 18.7. The maximum Gasteiger partial charge on any atom is 0.122 e. The minimum absolute atomic E-state index is 0.700. The zero-order chi connectivity index (χ0) is 11.9. The van der Waals surface area contributed by atoms with E-state index in [-0.39, 0.29) is 0 Å². The van der Waals surface area contributed by atoms with Gasteiger partial charge < -0.3 is 4.74 Å².